The molecular formula is C23H21N3O3. The highest BCUT2D eigenvalue weighted by Crippen LogP contribution is 2.25. The van der Waals surface area contributed by atoms with E-state index in [9.17, 15) is 4.79 Å². The molecular weight excluding hydrogens is 366 g/mol. The summed E-state index contributed by atoms with van der Waals surface area (Å²) in [6.07, 6.45) is 1.71. The normalized spacial score (nSPS) is 10.8. The Kier molecular flexibility index (Phi) is 5.24. The molecule has 0 saturated heterocycles. The summed E-state index contributed by atoms with van der Waals surface area (Å²) in [7, 11) is 1.64. The number of fused-ring (bicyclic) bond motifs is 1. The van der Waals surface area contributed by atoms with E-state index in [1.807, 2.05) is 59.2 Å². The maximum Gasteiger partial charge on any atom is 0.340 e. The summed E-state index contributed by atoms with van der Waals surface area (Å²) in [5.74, 6) is 0.408. The molecule has 2 heterocycles. The lowest BCUT2D eigenvalue weighted by Crippen LogP contribution is -2.07. The number of hydrogen-bond acceptors (Lipinski definition) is 5. The van der Waals surface area contributed by atoms with Crippen molar-refractivity contribution in [2.75, 3.05) is 13.7 Å². The number of pyridine rings is 1. The summed E-state index contributed by atoms with van der Waals surface area (Å²) in [6.45, 7) is 2.67. The van der Waals surface area contributed by atoms with Crippen LogP contribution in [0, 0.1) is 0 Å². The maximum absolute atomic E-state index is 12.6. The summed E-state index contributed by atoms with van der Waals surface area (Å²) in [5.41, 5.74) is 4.32. The Labute approximate surface area is 168 Å². The molecule has 146 valence electrons. The van der Waals surface area contributed by atoms with Crippen LogP contribution in [0.25, 0.3) is 22.4 Å². The molecule has 0 spiro atoms. The van der Waals surface area contributed by atoms with Crippen molar-refractivity contribution in [1.82, 2.24) is 14.5 Å². The fourth-order valence-electron chi connectivity index (χ4n) is 3.20. The molecule has 0 aliphatic heterocycles. The highest BCUT2D eigenvalue weighted by molar-refractivity contribution is 6.02. The number of hydrogen-bond donors (Lipinski definition) is 0. The first-order valence-corrected chi connectivity index (χ1v) is 9.41. The molecule has 4 aromatic rings. The summed E-state index contributed by atoms with van der Waals surface area (Å²) < 4.78 is 12.4. The van der Waals surface area contributed by atoms with Crippen LogP contribution in [0.4, 0.5) is 0 Å². The van der Waals surface area contributed by atoms with Gasteiger partial charge in [0.2, 0.25) is 0 Å². The van der Waals surface area contributed by atoms with Crippen molar-refractivity contribution in [2.45, 2.75) is 13.5 Å². The van der Waals surface area contributed by atoms with Crippen molar-refractivity contribution in [3.8, 4) is 17.0 Å². The number of imidazole rings is 1. The fraction of sp³-hybridized carbons (Fsp3) is 0.174. The van der Waals surface area contributed by atoms with E-state index in [1.54, 1.807) is 26.4 Å². The number of rotatable bonds is 6. The van der Waals surface area contributed by atoms with Crippen LogP contribution >= 0.6 is 0 Å². The van der Waals surface area contributed by atoms with Crippen LogP contribution in [0.15, 0.2) is 67.0 Å². The lowest BCUT2D eigenvalue weighted by molar-refractivity contribution is 0.0528. The van der Waals surface area contributed by atoms with Crippen molar-refractivity contribution in [3.05, 3.63) is 78.1 Å². The minimum atomic E-state index is -0.397. The van der Waals surface area contributed by atoms with E-state index >= 15 is 0 Å². The van der Waals surface area contributed by atoms with Gasteiger partial charge in [-0.25, -0.2) is 14.8 Å². The van der Waals surface area contributed by atoms with Gasteiger partial charge in [-0.3, -0.25) is 0 Å². The zero-order valence-electron chi connectivity index (χ0n) is 16.3. The third-order valence-corrected chi connectivity index (χ3v) is 4.65. The number of benzene rings is 2. The van der Waals surface area contributed by atoms with Gasteiger partial charge in [0.15, 0.2) is 5.65 Å². The molecule has 0 radical (unpaired) electrons. The van der Waals surface area contributed by atoms with Gasteiger partial charge in [0.1, 0.15) is 11.3 Å². The summed E-state index contributed by atoms with van der Waals surface area (Å²) in [5, 5.41) is 0. The van der Waals surface area contributed by atoms with E-state index in [0.29, 0.717) is 35.6 Å². The number of nitrogens with zero attached hydrogens (tertiary/aromatic N) is 3. The number of carbonyl (C=O) groups excluding carboxylic acids is 1. The molecule has 29 heavy (non-hydrogen) atoms. The average molecular weight is 387 g/mol. The lowest BCUT2D eigenvalue weighted by Gasteiger charge is -2.09. The minimum Gasteiger partial charge on any atom is -0.497 e. The molecule has 0 aliphatic rings. The molecule has 0 amide bonds. The number of aromatic nitrogens is 3. The summed E-state index contributed by atoms with van der Waals surface area (Å²) in [6, 6.07) is 19.3. The van der Waals surface area contributed by atoms with Crippen molar-refractivity contribution in [2.24, 2.45) is 0 Å². The first-order chi connectivity index (χ1) is 14.2. The Balaban J connectivity index is 1.81. The van der Waals surface area contributed by atoms with Gasteiger partial charge in [-0.05, 0) is 30.7 Å². The monoisotopic (exact) mass is 387 g/mol. The van der Waals surface area contributed by atoms with E-state index in [2.05, 4.69) is 4.98 Å². The van der Waals surface area contributed by atoms with E-state index in [0.717, 1.165) is 16.9 Å². The van der Waals surface area contributed by atoms with Gasteiger partial charge in [0, 0.05) is 5.56 Å². The molecule has 6 heteroatoms. The second kappa shape index (κ2) is 8.14. The number of methoxy groups -OCH3 is 1. The van der Waals surface area contributed by atoms with Crippen molar-refractivity contribution in [3.63, 3.8) is 0 Å². The molecule has 0 N–H and O–H groups in total. The Bertz CT molecular complexity index is 1140. The largest absolute Gasteiger partial charge is 0.497 e. The lowest BCUT2D eigenvalue weighted by atomic mass is 10.1. The quantitative estimate of drug-likeness (QED) is 0.461. The second-order valence-corrected chi connectivity index (χ2v) is 6.53. The number of ether oxygens (including phenoxy) is 2. The van der Waals surface area contributed by atoms with Crippen LogP contribution in [0.3, 0.4) is 0 Å². The van der Waals surface area contributed by atoms with Gasteiger partial charge in [-0.15, -0.1) is 0 Å². The van der Waals surface area contributed by atoms with Crippen LogP contribution in [0.2, 0.25) is 0 Å². The Hall–Kier alpha value is -3.67. The molecule has 0 bridgehead atoms. The highest BCUT2D eigenvalue weighted by Gasteiger charge is 2.19. The number of esters is 1. The van der Waals surface area contributed by atoms with E-state index in [4.69, 9.17) is 14.5 Å². The van der Waals surface area contributed by atoms with Crippen LogP contribution in [-0.4, -0.2) is 34.2 Å². The van der Waals surface area contributed by atoms with Gasteiger partial charge in [0.25, 0.3) is 0 Å². The smallest absolute Gasteiger partial charge is 0.340 e. The third-order valence-electron chi connectivity index (χ3n) is 4.65. The van der Waals surface area contributed by atoms with Crippen molar-refractivity contribution in [1.29, 1.82) is 0 Å². The van der Waals surface area contributed by atoms with Crippen LogP contribution in [0.1, 0.15) is 22.8 Å². The summed E-state index contributed by atoms with van der Waals surface area (Å²) >= 11 is 0. The van der Waals surface area contributed by atoms with Crippen molar-refractivity contribution < 1.29 is 14.3 Å². The Morgan fingerprint density at radius 1 is 1.07 bits per heavy atom. The molecule has 0 aliphatic carbocycles. The zero-order valence-corrected chi connectivity index (χ0v) is 16.3. The van der Waals surface area contributed by atoms with Crippen LogP contribution in [-0.2, 0) is 11.3 Å². The van der Waals surface area contributed by atoms with E-state index in [1.165, 1.54) is 0 Å². The number of carbonyl (C=O) groups is 1. The topological polar surface area (TPSA) is 66.2 Å². The SMILES string of the molecule is CCOC(=O)c1cc(-c2ccccc2)nc2c1ncn2Cc1ccc(OC)cc1. The predicted molar refractivity (Wildman–Crippen MR) is 111 cm³/mol. The molecule has 0 unspecified atom stereocenters. The molecule has 2 aromatic heterocycles. The fourth-order valence-corrected chi connectivity index (χ4v) is 3.20. The zero-order chi connectivity index (χ0) is 20.2. The molecule has 0 saturated carbocycles. The van der Waals surface area contributed by atoms with Crippen LogP contribution < -0.4 is 4.74 Å². The Morgan fingerprint density at radius 3 is 2.52 bits per heavy atom. The van der Waals surface area contributed by atoms with Gasteiger partial charge in [0.05, 0.1) is 37.8 Å². The molecule has 6 nitrogen and oxygen atoms in total. The molecule has 2 aromatic carbocycles. The maximum atomic E-state index is 12.6. The van der Waals surface area contributed by atoms with Gasteiger partial charge >= 0.3 is 5.97 Å². The molecule has 0 fully saturated rings. The van der Waals surface area contributed by atoms with Gasteiger partial charge in [-0.1, -0.05) is 42.5 Å². The van der Waals surface area contributed by atoms with Gasteiger partial charge in [-0.2, -0.15) is 0 Å². The Morgan fingerprint density at radius 2 is 1.83 bits per heavy atom. The predicted octanol–water partition coefficient (Wildman–Crippen LogP) is 4.33. The highest BCUT2D eigenvalue weighted by atomic mass is 16.5. The minimum absolute atomic E-state index is 0.301. The van der Waals surface area contributed by atoms with E-state index in [-0.39, 0.29) is 0 Å². The standard InChI is InChI=1S/C23H21N3O3/c1-3-29-23(27)19-13-20(17-7-5-4-6-8-17)25-22-21(19)24-15-26(22)14-16-9-11-18(28-2)12-10-16/h4-13,15H,3,14H2,1-2H3. The first-order valence-electron chi connectivity index (χ1n) is 9.41. The third kappa shape index (κ3) is 3.82. The van der Waals surface area contributed by atoms with Gasteiger partial charge < -0.3 is 14.0 Å². The van der Waals surface area contributed by atoms with Crippen LogP contribution in [0.5, 0.6) is 5.75 Å². The molecule has 4 rings (SSSR count). The average Bonchev–Trinajstić information content (AvgIpc) is 3.17. The second-order valence-electron chi connectivity index (χ2n) is 6.53. The summed E-state index contributed by atoms with van der Waals surface area (Å²) in [4.78, 5) is 21.8. The first kappa shape index (κ1) is 18.7. The van der Waals surface area contributed by atoms with Crippen molar-refractivity contribution >= 4 is 17.1 Å². The van der Waals surface area contributed by atoms with E-state index < -0.39 is 5.97 Å². The molecule has 0 atom stereocenters.